The van der Waals surface area contributed by atoms with E-state index in [1.807, 2.05) is 13.8 Å². The van der Waals surface area contributed by atoms with E-state index in [1.54, 1.807) is 43.3 Å². The van der Waals surface area contributed by atoms with Gasteiger partial charge in [0.05, 0.1) is 10.0 Å². The minimum absolute atomic E-state index is 0.196. The van der Waals surface area contributed by atoms with Crippen LogP contribution in [0.25, 0.3) is 0 Å². The van der Waals surface area contributed by atoms with Crippen LogP contribution in [0.5, 0.6) is 5.75 Å². The summed E-state index contributed by atoms with van der Waals surface area (Å²) in [6, 6.07) is 9.63. The third kappa shape index (κ3) is 7.60. The zero-order chi connectivity index (χ0) is 23.0. The van der Waals surface area contributed by atoms with Gasteiger partial charge in [0, 0.05) is 18.1 Å². The molecule has 168 valence electrons. The lowest BCUT2D eigenvalue weighted by Gasteiger charge is -2.29. The lowest BCUT2D eigenvalue weighted by Crippen LogP contribution is -2.49. The van der Waals surface area contributed by atoms with E-state index in [-0.39, 0.29) is 25.0 Å². The SMILES string of the molecule is CCCCNC(=O)[C@@H](C)N(Cc1ccc(Cl)c(Cl)c1)C(=O)COc1ccc(Cl)c(C)c1. The van der Waals surface area contributed by atoms with Crippen molar-refractivity contribution in [2.75, 3.05) is 13.2 Å². The lowest BCUT2D eigenvalue weighted by molar-refractivity contribution is -0.142. The van der Waals surface area contributed by atoms with Crippen LogP contribution in [0.15, 0.2) is 36.4 Å². The van der Waals surface area contributed by atoms with E-state index in [0.29, 0.717) is 27.4 Å². The van der Waals surface area contributed by atoms with Crippen molar-refractivity contribution in [2.45, 2.75) is 46.2 Å². The summed E-state index contributed by atoms with van der Waals surface area (Å²) in [6.45, 7) is 6.15. The maximum atomic E-state index is 13.0. The Bertz CT molecular complexity index is 921. The van der Waals surface area contributed by atoms with Gasteiger partial charge in [-0.05, 0) is 61.7 Å². The van der Waals surface area contributed by atoms with E-state index in [9.17, 15) is 9.59 Å². The van der Waals surface area contributed by atoms with Crippen molar-refractivity contribution in [2.24, 2.45) is 0 Å². The van der Waals surface area contributed by atoms with E-state index in [4.69, 9.17) is 39.5 Å². The zero-order valence-electron chi connectivity index (χ0n) is 17.9. The zero-order valence-corrected chi connectivity index (χ0v) is 20.2. The summed E-state index contributed by atoms with van der Waals surface area (Å²) in [7, 11) is 0. The van der Waals surface area contributed by atoms with Crippen molar-refractivity contribution in [3.63, 3.8) is 0 Å². The molecule has 2 amide bonds. The molecule has 0 aromatic heterocycles. The number of rotatable bonds is 10. The number of halogens is 3. The van der Waals surface area contributed by atoms with Crippen molar-refractivity contribution < 1.29 is 14.3 Å². The summed E-state index contributed by atoms with van der Waals surface area (Å²) < 4.78 is 5.66. The molecule has 0 fully saturated rings. The molecule has 0 heterocycles. The molecule has 5 nitrogen and oxygen atoms in total. The van der Waals surface area contributed by atoms with Gasteiger partial charge in [0.15, 0.2) is 6.61 Å². The summed E-state index contributed by atoms with van der Waals surface area (Å²) in [5, 5.41) is 4.31. The lowest BCUT2D eigenvalue weighted by atomic mass is 10.1. The molecule has 2 aromatic rings. The van der Waals surface area contributed by atoms with Crippen LogP contribution in [-0.2, 0) is 16.1 Å². The van der Waals surface area contributed by atoms with Gasteiger partial charge in [-0.25, -0.2) is 0 Å². The molecule has 0 bridgehead atoms. The van der Waals surface area contributed by atoms with E-state index in [0.717, 1.165) is 24.0 Å². The summed E-state index contributed by atoms with van der Waals surface area (Å²) in [5.74, 6) is -0.00852. The molecule has 2 rings (SSSR count). The second-order valence-electron chi connectivity index (χ2n) is 7.29. The molecule has 1 N–H and O–H groups in total. The van der Waals surface area contributed by atoms with Crippen LogP contribution < -0.4 is 10.1 Å². The molecule has 0 spiro atoms. The number of hydrogen-bond donors (Lipinski definition) is 1. The number of nitrogens with zero attached hydrogens (tertiary/aromatic N) is 1. The van der Waals surface area contributed by atoms with Gasteiger partial charge in [-0.1, -0.05) is 54.2 Å². The fourth-order valence-corrected chi connectivity index (χ4v) is 3.33. The quantitative estimate of drug-likeness (QED) is 0.441. The molecule has 0 saturated carbocycles. The fraction of sp³-hybridized carbons (Fsp3) is 0.391. The Labute approximate surface area is 198 Å². The van der Waals surface area contributed by atoms with Crippen LogP contribution >= 0.6 is 34.8 Å². The Morgan fingerprint density at radius 3 is 2.42 bits per heavy atom. The van der Waals surface area contributed by atoms with Crippen molar-refractivity contribution in [3.8, 4) is 5.75 Å². The van der Waals surface area contributed by atoms with Gasteiger partial charge in [0.2, 0.25) is 5.91 Å². The molecule has 0 aliphatic heterocycles. The smallest absolute Gasteiger partial charge is 0.261 e. The predicted octanol–water partition coefficient (Wildman–Crippen LogP) is 5.67. The van der Waals surface area contributed by atoms with Gasteiger partial charge in [-0.3, -0.25) is 9.59 Å². The average molecular weight is 486 g/mol. The second-order valence-corrected chi connectivity index (χ2v) is 8.51. The monoisotopic (exact) mass is 484 g/mol. The highest BCUT2D eigenvalue weighted by molar-refractivity contribution is 6.42. The van der Waals surface area contributed by atoms with E-state index >= 15 is 0 Å². The molecule has 31 heavy (non-hydrogen) atoms. The molecular formula is C23H27Cl3N2O3. The molecule has 1 atom stereocenters. The van der Waals surface area contributed by atoms with Gasteiger partial charge >= 0.3 is 0 Å². The molecule has 0 aliphatic rings. The molecule has 0 unspecified atom stereocenters. The van der Waals surface area contributed by atoms with Crippen LogP contribution in [0.2, 0.25) is 15.1 Å². The molecule has 0 radical (unpaired) electrons. The van der Waals surface area contributed by atoms with Crippen molar-refractivity contribution in [1.82, 2.24) is 10.2 Å². The van der Waals surface area contributed by atoms with E-state index in [2.05, 4.69) is 5.32 Å². The minimum atomic E-state index is -0.686. The average Bonchev–Trinajstić information content (AvgIpc) is 2.74. The maximum Gasteiger partial charge on any atom is 0.261 e. The van der Waals surface area contributed by atoms with Crippen LogP contribution in [0.1, 0.15) is 37.8 Å². The third-order valence-corrected chi connectivity index (χ3v) is 5.99. The number of unbranched alkanes of at least 4 members (excludes halogenated alkanes) is 1. The van der Waals surface area contributed by atoms with Gasteiger partial charge in [0.1, 0.15) is 11.8 Å². The van der Waals surface area contributed by atoms with Gasteiger partial charge in [-0.2, -0.15) is 0 Å². The van der Waals surface area contributed by atoms with Gasteiger partial charge in [0.25, 0.3) is 5.91 Å². The molecule has 0 aliphatic carbocycles. The van der Waals surface area contributed by atoms with Gasteiger partial charge < -0.3 is 15.0 Å². The number of ether oxygens (including phenoxy) is 1. The summed E-state index contributed by atoms with van der Waals surface area (Å²) in [4.78, 5) is 27.1. The van der Waals surface area contributed by atoms with Crippen LogP contribution in [0, 0.1) is 6.92 Å². The van der Waals surface area contributed by atoms with Crippen molar-refractivity contribution in [3.05, 3.63) is 62.6 Å². The maximum absolute atomic E-state index is 13.0. The first-order valence-electron chi connectivity index (χ1n) is 10.1. The third-order valence-electron chi connectivity index (χ3n) is 4.83. The largest absolute Gasteiger partial charge is 0.484 e. The number of amides is 2. The highest BCUT2D eigenvalue weighted by Gasteiger charge is 2.26. The summed E-state index contributed by atoms with van der Waals surface area (Å²) in [6.07, 6.45) is 1.84. The first kappa shape index (κ1) is 25.3. The van der Waals surface area contributed by atoms with Crippen LogP contribution in [-0.4, -0.2) is 35.9 Å². The highest BCUT2D eigenvalue weighted by Crippen LogP contribution is 2.24. The predicted molar refractivity (Wildman–Crippen MR) is 126 cm³/mol. The molecule has 0 saturated heterocycles. The number of nitrogens with one attached hydrogen (secondary N) is 1. The van der Waals surface area contributed by atoms with E-state index < -0.39 is 6.04 Å². The van der Waals surface area contributed by atoms with E-state index in [1.165, 1.54) is 4.90 Å². The second kappa shape index (κ2) is 12.2. The Morgan fingerprint density at radius 1 is 1.06 bits per heavy atom. The first-order chi connectivity index (χ1) is 14.7. The number of carbonyl (C=O) groups is 2. The van der Waals surface area contributed by atoms with Gasteiger partial charge in [-0.15, -0.1) is 0 Å². The number of carbonyl (C=O) groups excluding carboxylic acids is 2. The Hall–Kier alpha value is -1.95. The topological polar surface area (TPSA) is 58.6 Å². The summed E-state index contributed by atoms with van der Waals surface area (Å²) >= 11 is 18.2. The molecule has 8 heteroatoms. The normalized spacial score (nSPS) is 11.7. The Kier molecular flexibility index (Phi) is 9.94. The standard InChI is InChI=1S/C23H27Cl3N2O3/c1-4-5-10-27-23(30)16(3)28(13-17-6-8-20(25)21(26)12-17)22(29)14-31-18-7-9-19(24)15(2)11-18/h6-9,11-12,16H,4-5,10,13-14H2,1-3H3,(H,27,30)/t16-/m1/s1. The Balaban J connectivity index is 2.15. The Morgan fingerprint density at radius 2 is 1.77 bits per heavy atom. The molecular weight excluding hydrogens is 459 g/mol. The number of hydrogen-bond acceptors (Lipinski definition) is 3. The van der Waals surface area contributed by atoms with Crippen molar-refractivity contribution >= 4 is 46.6 Å². The van der Waals surface area contributed by atoms with Crippen LogP contribution in [0.3, 0.4) is 0 Å². The minimum Gasteiger partial charge on any atom is -0.484 e. The van der Waals surface area contributed by atoms with Crippen molar-refractivity contribution in [1.29, 1.82) is 0 Å². The highest BCUT2D eigenvalue weighted by atomic mass is 35.5. The summed E-state index contributed by atoms with van der Waals surface area (Å²) in [5.41, 5.74) is 1.61. The first-order valence-corrected chi connectivity index (χ1v) is 11.3. The number of benzene rings is 2. The molecule has 2 aromatic carbocycles. The number of aryl methyl sites for hydroxylation is 1. The fourth-order valence-electron chi connectivity index (χ4n) is 2.89. The van der Waals surface area contributed by atoms with Crippen LogP contribution in [0.4, 0.5) is 0 Å².